The molecule has 82 heavy (non-hydrogen) atoms. The Morgan fingerprint density at radius 3 is 0.988 bits per heavy atom. The average molecular weight is 1060 g/mol. The summed E-state index contributed by atoms with van der Waals surface area (Å²) in [6.45, 7) is 0. The molecule has 0 unspecified atom stereocenters. The molecule has 0 bridgehead atoms. The summed E-state index contributed by atoms with van der Waals surface area (Å²) < 4.78 is 43.9. The van der Waals surface area contributed by atoms with Crippen molar-refractivity contribution in [2.45, 2.75) is 10.8 Å². The van der Waals surface area contributed by atoms with E-state index in [0.717, 1.165) is 100 Å². The molecule has 4 nitrogen and oxygen atoms in total. The summed E-state index contributed by atoms with van der Waals surface area (Å²) in [5.41, 5.74) is 23.3. The van der Waals surface area contributed by atoms with Crippen LogP contribution < -0.4 is 9.80 Å². The molecule has 0 saturated carbocycles. The standard InChI is InChI=1S/C76H44F2N2O2/c77-45-31-35-47(36-32-45)79(67-27-13-21-57-55-19-5-11-29-69(55)81-73(57)67)49-39-41-59-65(43-49)75(61-23-7-1-15-51(61)52-16-2-8-24-62(52)75)71-60-42-40-50(44-66(60)76(72(59)71)63-25-9-3-17-53(63)54-18-4-10-26-64(54)76)80(48-37-33-46(78)34-38-48)68-28-14-22-58-56-20-6-12-30-70(56)82-74(58)68/h1-44H. The topological polar surface area (TPSA) is 32.8 Å². The van der Waals surface area contributed by atoms with Gasteiger partial charge >= 0.3 is 0 Å². The molecule has 0 radical (unpaired) electrons. The molecule has 2 spiro atoms. The Morgan fingerprint density at radius 1 is 0.268 bits per heavy atom. The summed E-state index contributed by atoms with van der Waals surface area (Å²) >= 11 is 0. The summed E-state index contributed by atoms with van der Waals surface area (Å²) in [6, 6.07) is 92.5. The van der Waals surface area contributed by atoms with Crippen LogP contribution in [0.15, 0.2) is 276 Å². The van der Waals surface area contributed by atoms with Crippen molar-refractivity contribution in [3.05, 3.63) is 323 Å². The first-order valence-electron chi connectivity index (χ1n) is 27.9. The second kappa shape index (κ2) is 16.5. The van der Waals surface area contributed by atoms with Crippen LogP contribution in [0.5, 0.6) is 0 Å². The van der Waals surface area contributed by atoms with Crippen LogP contribution in [0.2, 0.25) is 0 Å². The number of halogens is 2. The van der Waals surface area contributed by atoms with E-state index in [-0.39, 0.29) is 11.6 Å². The molecule has 4 aliphatic rings. The maximum atomic E-state index is 15.1. The molecule has 0 atom stereocenters. The first-order valence-corrected chi connectivity index (χ1v) is 27.9. The predicted molar refractivity (Wildman–Crippen MR) is 327 cm³/mol. The highest BCUT2D eigenvalue weighted by Gasteiger charge is 2.63. The summed E-state index contributed by atoms with van der Waals surface area (Å²) in [5, 5.41) is 4.06. The van der Waals surface area contributed by atoms with Crippen LogP contribution >= 0.6 is 0 Å². The highest BCUT2D eigenvalue weighted by molar-refractivity contribution is 6.20. The van der Waals surface area contributed by atoms with Crippen molar-refractivity contribution < 1.29 is 17.6 Å². The fraction of sp³-hybridized carbons (Fsp3) is 0.0263. The van der Waals surface area contributed by atoms with Crippen molar-refractivity contribution in [1.82, 2.24) is 0 Å². The molecule has 2 heterocycles. The van der Waals surface area contributed by atoms with Gasteiger partial charge in [0.1, 0.15) is 22.8 Å². The molecule has 384 valence electrons. The number of fused-ring (bicyclic) bond motifs is 24. The third-order valence-electron chi connectivity index (χ3n) is 18.2. The van der Waals surface area contributed by atoms with Crippen LogP contribution in [0.3, 0.4) is 0 Å². The van der Waals surface area contributed by atoms with Crippen LogP contribution in [0, 0.1) is 11.6 Å². The van der Waals surface area contributed by atoms with Crippen LogP contribution in [0.25, 0.3) is 77.3 Å². The van der Waals surface area contributed by atoms with Crippen molar-refractivity contribution in [3.8, 4) is 22.3 Å². The first kappa shape index (κ1) is 45.3. The molecule has 6 heteroatoms. The van der Waals surface area contributed by atoms with E-state index in [1.807, 2.05) is 60.7 Å². The SMILES string of the molecule is Fc1ccc(N(c2ccc3c(c2)C2(C4=C3C3(c5cc(N(c6ccc(F)cc6)c6cccc7c6oc6ccccc67)ccc54)c4ccccc4-c4ccccc43)c3ccccc3-c3ccccc32)c2cccc3c2oc2ccccc23)cc1. The van der Waals surface area contributed by atoms with E-state index in [4.69, 9.17) is 8.83 Å². The lowest BCUT2D eigenvalue weighted by atomic mass is 9.66. The number of rotatable bonds is 6. The number of para-hydroxylation sites is 4. The van der Waals surface area contributed by atoms with Crippen molar-refractivity contribution in [1.29, 1.82) is 0 Å². The van der Waals surface area contributed by atoms with Crippen molar-refractivity contribution in [3.63, 3.8) is 0 Å². The fourth-order valence-corrected chi connectivity index (χ4v) is 15.2. The first-order chi connectivity index (χ1) is 40.5. The van der Waals surface area contributed by atoms with Gasteiger partial charge in [0.2, 0.25) is 0 Å². The molecule has 0 fully saturated rings. The van der Waals surface area contributed by atoms with Gasteiger partial charge in [-0.15, -0.1) is 0 Å². The van der Waals surface area contributed by atoms with Crippen LogP contribution in [-0.2, 0) is 10.8 Å². The molecule has 4 aliphatic carbocycles. The Labute approximate surface area is 470 Å². The van der Waals surface area contributed by atoms with E-state index >= 15 is 8.78 Å². The fourth-order valence-electron chi connectivity index (χ4n) is 15.2. The molecule has 2 aromatic heterocycles. The van der Waals surface area contributed by atoms with Crippen LogP contribution in [-0.4, -0.2) is 0 Å². The minimum Gasteiger partial charge on any atom is -0.454 e. The quantitative estimate of drug-likeness (QED) is 0.166. The Morgan fingerprint density at radius 2 is 0.598 bits per heavy atom. The van der Waals surface area contributed by atoms with Gasteiger partial charge in [-0.25, -0.2) is 8.78 Å². The third-order valence-corrected chi connectivity index (χ3v) is 18.2. The highest BCUT2D eigenvalue weighted by atomic mass is 19.1. The smallest absolute Gasteiger partial charge is 0.159 e. The average Bonchev–Trinajstić information content (AvgIpc) is 2.10. The summed E-state index contributed by atoms with van der Waals surface area (Å²) in [6.07, 6.45) is 0. The number of hydrogen-bond acceptors (Lipinski definition) is 4. The number of nitrogens with zero attached hydrogens (tertiary/aromatic N) is 2. The third kappa shape index (κ3) is 5.77. The van der Waals surface area contributed by atoms with E-state index in [1.165, 1.54) is 79.9 Å². The van der Waals surface area contributed by atoms with Crippen molar-refractivity contribution >= 4 is 89.1 Å². The second-order valence-corrected chi connectivity index (χ2v) is 22.0. The van der Waals surface area contributed by atoms with Gasteiger partial charge in [-0.2, -0.15) is 0 Å². The maximum absolute atomic E-state index is 15.1. The maximum Gasteiger partial charge on any atom is 0.159 e. The van der Waals surface area contributed by atoms with Gasteiger partial charge in [0, 0.05) is 44.3 Å². The number of furan rings is 2. The zero-order valence-electron chi connectivity index (χ0n) is 43.9. The van der Waals surface area contributed by atoms with Gasteiger partial charge < -0.3 is 18.6 Å². The van der Waals surface area contributed by atoms with Crippen molar-refractivity contribution in [2.75, 3.05) is 9.80 Å². The summed E-state index contributed by atoms with van der Waals surface area (Å²) in [4.78, 5) is 4.47. The van der Waals surface area contributed by atoms with E-state index in [2.05, 4.69) is 192 Å². The molecule has 0 N–H and O–H groups in total. The summed E-state index contributed by atoms with van der Waals surface area (Å²) in [7, 11) is 0. The van der Waals surface area contributed by atoms with Crippen LogP contribution in [0.4, 0.5) is 42.9 Å². The Balaban J connectivity index is 0.955. The molecule has 0 saturated heterocycles. The normalized spacial score (nSPS) is 14.4. The van der Waals surface area contributed by atoms with Gasteiger partial charge in [0.15, 0.2) is 11.2 Å². The Bertz CT molecular complexity index is 4690. The second-order valence-electron chi connectivity index (χ2n) is 22.0. The molecule has 0 aliphatic heterocycles. The Hall–Kier alpha value is -10.6. The number of benzene rings is 12. The lowest BCUT2D eigenvalue weighted by molar-refractivity contribution is 0.627. The predicted octanol–water partition coefficient (Wildman–Crippen LogP) is 20.3. The lowest BCUT2D eigenvalue weighted by Crippen LogP contribution is -2.29. The largest absolute Gasteiger partial charge is 0.454 e. The van der Waals surface area contributed by atoms with Gasteiger partial charge in [0.25, 0.3) is 0 Å². The molecule has 12 aromatic carbocycles. The number of allylic oxidation sites excluding steroid dienone is 2. The van der Waals surface area contributed by atoms with Gasteiger partial charge in [-0.1, -0.05) is 170 Å². The Kier molecular flexibility index (Phi) is 9.12. The molecule has 18 rings (SSSR count). The minimum absolute atomic E-state index is 0.310. The van der Waals surface area contributed by atoms with Crippen LogP contribution in [0.1, 0.15) is 44.5 Å². The van der Waals surface area contributed by atoms with Gasteiger partial charge in [0.05, 0.1) is 22.2 Å². The van der Waals surface area contributed by atoms with Gasteiger partial charge in [-0.3, -0.25) is 0 Å². The van der Waals surface area contributed by atoms with Crippen molar-refractivity contribution in [2.24, 2.45) is 0 Å². The number of anilines is 6. The number of hydrogen-bond donors (Lipinski definition) is 0. The van der Waals surface area contributed by atoms with E-state index in [9.17, 15) is 0 Å². The van der Waals surface area contributed by atoms with E-state index in [1.54, 1.807) is 0 Å². The monoisotopic (exact) mass is 1050 g/mol. The zero-order chi connectivity index (χ0) is 54.0. The summed E-state index contributed by atoms with van der Waals surface area (Å²) in [5.74, 6) is -0.620. The van der Waals surface area contributed by atoms with E-state index < -0.39 is 10.8 Å². The molecule has 0 amide bonds. The zero-order valence-corrected chi connectivity index (χ0v) is 43.9. The molecular formula is C76H44F2N2O2. The molecule has 14 aromatic rings. The highest BCUT2D eigenvalue weighted by Crippen LogP contribution is 2.75. The molecular weight excluding hydrogens is 1010 g/mol. The lowest BCUT2D eigenvalue weighted by Gasteiger charge is -2.36. The van der Waals surface area contributed by atoms with Gasteiger partial charge in [-0.05, 0) is 175 Å². The minimum atomic E-state index is -0.823. The van der Waals surface area contributed by atoms with E-state index in [0.29, 0.717) is 0 Å².